The zero-order chi connectivity index (χ0) is 18.9. The molecule has 7 heteroatoms. The maximum Gasteiger partial charge on any atom is 0.417 e. The van der Waals surface area contributed by atoms with Crippen molar-refractivity contribution in [3.63, 3.8) is 0 Å². The molecule has 0 saturated carbocycles. The highest BCUT2D eigenvalue weighted by molar-refractivity contribution is 5.84. The third kappa shape index (κ3) is 3.87. The first kappa shape index (κ1) is 18.0. The Hall–Kier alpha value is -2.83. The third-order valence-electron chi connectivity index (χ3n) is 3.73. The number of nitrogens with zero attached hydrogens (tertiary/aromatic N) is 1. The van der Waals surface area contributed by atoms with E-state index >= 15 is 0 Å². The molecule has 1 heterocycles. The smallest absolute Gasteiger partial charge is 0.248 e. The first-order chi connectivity index (χ1) is 12.1. The van der Waals surface area contributed by atoms with E-state index in [9.17, 15) is 26.3 Å². The number of para-hydroxylation sites is 1. The van der Waals surface area contributed by atoms with Crippen LogP contribution in [0, 0.1) is 0 Å². The highest BCUT2D eigenvalue weighted by atomic mass is 19.4. The Morgan fingerprint density at radius 1 is 0.731 bits per heavy atom. The molecular formula is C19H11F6N. The Labute approximate surface area is 144 Å². The fraction of sp³-hybridized carbons (Fsp3) is 0.105. The molecule has 26 heavy (non-hydrogen) atoms. The lowest BCUT2D eigenvalue weighted by Gasteiger charge is -2.11. The number of hydrogen-bond donors (Lipinski definition) is 0. The monoisotopic (exact) mass is 367 g/mol. The van der Waals surface area contributed by atoms with Gasteiger partial charge in [0.25, 0.3) is 0 Å². The van der Waals surface area contributed by atoms with E-state index in [1.54, 1.807) is 6.07 Å². The van der Waals surface area contributed by atoms with Gasteiger partial charge < -0.3 is 0 Å². The van der Waals surface area contributed by atoms with Gasteiger partial charge in [0.1, 0.15) is 0 Å². The molecule has 0 N–H and O–H groups in total. The van der Waals surface area contributed by atoms with Gasteiger partial charge in [-0.1, -0.05) is 36.4 Å². The molecule has 3 aromatic rings. The van der Waals surface area contributed by atoms with E-state index in [1.165, 1.54) is 42.5 Å². The maximum absolute atomic E-state index is 13.3. The first-order valence-electron chi connectivity index (χ1n) is 7.47. The van der Waals surface area contributed by atoms with Crippen LogP contribution in [0.3, 0.4) is 0 Å². The van der Waals surface area contributed by atoms with Crippen LogP contribution in [0.1, 0.15) is 22.4 Å². The molecule has 0 unspecified atom stereocenters. The van der Waals surface area contributed by atoms with Crippen LogP contribution >= 0.6 is 0 Å². The Morgan fingerprint density at radius 2 is 1.38 bits per heavy atom. The van der Waals surface area contributed by atoms with Gasteiger partial charge in [0.05, 0.1) is 22.3 Å². The average Bonchev–Trinajstić information content (AvgIpc) is 2.58. The summed E-state index contributed by atoms with van der Waals surface area (Å²) in [5.41, 5.74) is -0.931. The number of benzene rings is 2. The molecule has 0 saturated heterocycles. The van der Waals surface area contributed by atoms with Crippen LogP contribution in [0.15, 0.2) is 54.6 Å². The molecule has 0 spiro atoms. The Morgan fingerprint density at radius 3 is 2.00 bits per heavy atom. The molecule has 0 atom stereocenters. The molecule has 1 aromatic heterocycles. The molecule has 0 radical (unpaired) electrons. The molecule has 0 bridgehead atoms. The van der Waals surface area contributed by atoms with Crippen LogP contribution in [0.5, 0.6) is 0 Å². The van der Waals surface area contributed by atoms with Crippen molar-refractivity contribution in [1.82, 2.24) is 4.98 Å². The van der Waals surface area contributed by atoms with Crippen molar-refractivity contribution >= 4 is 23.1 Å². The number of rotatable bonds is 2. The standard InChI is InChI=1S/C19H11F6N/c20-18(21,22)13-8-5-12(6-9-13)7-10-14-11-16(19(23,24)25)15-3-1-2-4-17(15)26-14/h1-11H/b10-7+. The largest absolute Gasteiger partial charge is 0.417 e. The van der Waals surface area contributed by atoms with Crippen molar-refractivity contribution in [1.29, 1.82) is 0 Å². The minimum Gasteiger partial charge on any atom is -0.248 e. The second-order valence-electron chi connectivity index (χ2n) is 5.56. The van der Waals surface area contributed by atoms with Gasteiger partial charge >= 0.3 is 12.4 Å². The van der Waals surface area contributed by atoms with E-state index in [1.807, 2.05) is 0 Å². The highest BCUT2D eigenvalue weighted by Crippen LogP contribution is 2.35. The second kappa shape index (κ2) is 6.48. The number of fused-ring (bicyclic) bond motifs is 1. The summed E-state index contributed by atoms with van der Waals surface area (Å²) in [6.07, 6.45) is -6.23. The molecular weight excluding hydrogens is 356 g/mol. The Bertz CT molecular complexity index is 952. The lowest BCUT2D eigenvalue weighted by molar-refractivity contribution is -0.138. The number of aromatic nitrogens is 1. The minimum atomic E-state index is -4.54. The van der Waals surface area contributed by atoms with Crippen molar-refractivity contribution in [3.8, 4) is 0 Å². The van der Waals surface area contributed by atoms with Crippen molar-refractivity contribution in [2.24, 2.45) is 0 Å². The van der Waals surface area contributed by atoms with Crippen LogP contribution in [-0.2, 0) is 12.4 Å². The predicted molar refractivity (Wildman–Crippen MR) is 87.1 cm³/mol. The Balaban J connectivity index is 1.97. The highest BCUT2D eigenvalue weighted by Gasteiger charge is 2.33. The molecule has 1 nitrogen and oxygen atoms in total. The molecule has 0 amide bonds. The maximum atomic E-state index is 13.3. The predicted octanol–water partition coefficient (Wildman–Crippen LogP) is 6.44. The van der Waals surface area contributed by atoms with E-state index in [0.717, 1.165) is 18.2 Å². The van der Waals surface area contributed by atoms with Gasteiger partial charge in [-0.25, -0.2) is 4.98 Å². The fourth-order valence-electron chi connectivity index (χ4n) is 2.48. The minimum absolute atomic E-state index is 0.00770. The molecule has 2 aromatic carbocycles. The van der Waals surface area contributed by atoms with Crippen LogP contribution < -0.4 is 0 Å². The second-order valence-corrected chi connectivity index (χ2v) is 5.56. The molecule has 0 fully saturated rings. The summed E-state index contributed by atoms with van der Waals surface area (Å²) in [5.74, 6) is 0. The molecule has 0 aliphatic carbocycles. The van der Waals surface area contributed by atoms with Gasteiger partial charge in [-0.15, -0.1) is 0 Å². The zero-order valence-corrected chi connectivity index (χ0v) is 13.1. The topological polar surface area (TPSA) is 12.9 Å². The lowest BCUT2D eigenvalue weighted by Crippen LogP contribution is -2.07. The van der Waals surface area contributed by atoms with Gasteiger partial charge in [0.15, 0.2) is 0 Å². The van der Waals surface area contributed by atoms with Gasteiger partial charge in [-0.2, -0.15) is 26.3 Å². The normalized spacial score (nSPS) is 12.8. The third-order valence-corrected chi connectivity index (χ3v) is 3.73. The summed E-state index contributed by atoms with van der Waals surface area (Å²) in [5, 5.41) is -0.00770. The van der Waals surface area contributed by atoms with E-state index in [4.69, 9.17) is 0 Å². The van der Waals surface area contributed by atoms with Crippen molar-refractivity contribution in [3.05, 3.63) is 77.0 Å². The van der Waals surface area contributed by atoms with Crippen LogP contribution in [-0.4, -0.2) is 4.98 Å². The number of alkyl halides is 6. The summed E-state index contributed by atoms with van der Waals surface area (Å²) in [4.78, 5) is 4.15. The Kier molecular flexibility index (Phi) is 4.48. The number of pyridine rings is 1. The fourth-order valence-corrected chi connectivity index (χ4v) is 2.48. The van der Waals surface area contributed by atoms with E-state index < -0.39 is 23.5 Å². The molecule has 3 rings (SSSR count). The van der Waals surface area contributed by atoms with Crippen LogP contribution in [0.2, 0.25) is 0 Å². The average molecular weight is 367 g/mol. The lowest BCUT2D eigenvalue weighted by atomic mass is 10.1. The quantitative estimate of drug-likeness (QED) is 0.475. The molecule has 0 aliphatic heterocycles. The summed E-state index contributed by atoms with van der Waals surface area (Å²) in [7, 11) is 0. The van der Waals surface area contributed by atoms with Crippen molar-refractivity contribution in [2.75, 3.05) is 0 Å². The van der Waals surface area contributed by atoms with Crippen LogP contribution in [0.25, 0.3) is 23.1 Å². The zero-order valence-electron chi connectivity index (χ0n) is 13.1. The molecule has 0 aliphatic rings. The summed E-state index contributed by atoms with van der Waals surface area (Å²) < 4.78 is 77.4. The van der Waals surface area contributed by atoms with E-state index in [-0.39, 0.29) is 16.6 Å². The van der Waals surface area contributed by atoms with Crippen LogP contribution in [0.4, 0.5) is 26.3 Å². The van der Waals surface area contributed by atoms with E-state index in [2.05, 4.69) is 4.98 Å². The number of halogens is 6. The van der Waals surface area contributed by atoms with Crippen molar-refractivity contribution in [2.45, 2.75) is 12.4 Å². The summed E-state index contributed by atoms with van der Waals surface area (Å²) in [6.45, 7) is 0. The van der Waals surface area contributed by atoms with Gasteiger partial charge in [0, 0.05) is 5.39 Å². The molecule has 134 valence electrons. The first-order valence-corrected chi connectivity index (χ1v) is 7.47. The van der Waals surface area contributed by atoms with Gasteiger partial charge in [-0.3, -0.25) is 0 Å². The summed E-state index contributed by atoms with van der Waals surface area (Å²) >= 11 is 0. The van der Waals surface area contributed by atoms with Gasteiger partial charge in [-0.05, 0) is 35.9 Å². The van der Waals surface area contributed by atoms with Crippen molar-refractivity contribution < 1.29 is 26.3 Å². The van der Waals surface area contributed by atoms with Gasteiger partial charge in [0.2, 0.25) is 0 Å². The SMILES string of the molecule is FC(F)(F)c1ccc(/C=C/c2cc(C(F)(F)F)c3ccccc3n2)cc1. The number of hydrogen-bond acceptors (Lipinski definition) is 1. The summed E-state index contributed by atoms with van der Waals surface area (Å²) in [6, 6.07) is 11.1. The van der Waals surface area contributed by atoms with E-state index in [0.29, 0.717) is 5.56 Å².